The molecule has 3 nitrogen and oxygen atoms in total. The Morgan fingerprint density at radius 3 is 2.38 bits per heavy atom. The summed E-state index contributed by atoms with van der Waals surface area (Å²) in [6.07, 6.45) is 5.45. The van der Waals surface area contributed by atoms with E-state index in [2.05, 4.69) is 53.4 Å². The summed E-state index contributed by atoms with van der Waals surface area (Å²) in [4.78, 5) is 4.05. The maximum absolute atomic E-state index is 5.96. The SMILES string of the molecule is Cc1ccc(C(CCc2ccc(Cl)cc2)Cn2cncn2)cc1.Cl. The predicted molar refractivity (Wildman–Crippen MR) is 101 cm³/mol. The maximum Gasteiger partial charge on any atom is 0.137 e. The van der Waals surface area contributed by atoms with E-state index in [4.69, 9.17) is 11.6 Å². The Balaban J connectivity index is 0.00000208. The highest BCUT2D eigenvalue weighted by Gasteiger charge is 2.13. The highest BCUT2D eigenvalue weighted by atomic mass is 35.5. The van der Waals surface area contributed by atoms with Crippen molar-refractivity contribution in [2.45, 2.75) is 32.2 Å². The van der Waals surface area contributed by atoms with Crippen molar-refractivity contribution < 1.29 is 0 Å². The first kappa shape index (κ1) is 18.5. The van der Waals surface area contributed by atoms with E-state index in [0.29, 0.717) is 5.92 Å². The molecule has 0 radical (unpaired) electrons. The van der Waals surface area contributed by atoms with Crippen molar-refractivity contribution in [3.8, 4) is 0 Å². The third kappa shape index (κ3) is 5.08. The molecule has 2 aromatic carbocycles. The smallest absolute Gasteiger partial charge is 0.137 e. The molecular weight excluding hydrogens is 341 g/mol. The van der Waals surface area contributed by atoms with Crippen molar-refractivity contribution in [1.29, 1.82) is 0 Å². The van der Waals surface area contributed by atoms with Crippen LogP contribution in [-0.4, -0.2) is 14.8 Å². The number of hydrogen-bond donors (Lipinski definition) is 0. The molecule has 0 N–H and O–H groups in total. The minimum Gasteiger partial charge on any atom is -0.252 e. The average Bonchev–Trinajstić information content (AvgIpc) is 3.07. The van der Waals surface area contributed by atoms with Gasteiger partial charge < -0.3 is 0 Å². The molecule has 1 heterocycles. The van der Waals surface area contributed by atoms with E-state index in [1.54, 1.807) is 12.7 Å². The van der Waals surface area contributed by atoms with Gasteiger partial charge in [-0.25, -0.2) is 4.98 Å². The zero-order valence-corrected chi connectivity index (χ0v) is 15.2. The molecule has 0 saturated carbocycles. The van der Waals surface area contributed by atoms with Gasteiger partial charge in [-0.1, -0.05) is 53.6 Å². The summed E-state index contributed by atoms with van der Waals surface area (Å²) in [5.41, 5.74) is 3.94. The van der Waals surface area contributed by atoms with Crippen LogP contribution in [0.25, 0.3) is 0 Å². The molecule has 0 aliphatic rings. The Morgan fingerprint density at radius 1 is 1.04 bits per heavy atom. The largest absolute Gasteiger partial charge is 0.252 e. The molecule has 3 rings (SSSR count). The number of rotatable bonds is 6. The molecule has 0 fully saturated rings. The Morgan fingerprint density at radius 2 is 1.75 bits per heavy atom. The zero-order chi connectivity index (χ0) is 16.1. The van der Waals surface area contributed by atoms with Crippen LogP contribution in [0.2, 0.25) is 5.02 Å². The van der Waals surface area contributed by atoms with E-state index in [1.807, 2.05) is 16.8 Å². The van der Waals surface area contributed by atoms with Crippen molar-refractivity contribution in [2.75, 3.05) is 0 Å². The number of nitrogens with zero attached hydrogens (tertiary/aromatic N) is 3. The molecule has 5 heteroatoms. The number of benzene rings is 2. The van der Waals surface area contributed by atoms with Gasteiger partial charge >= 0.3 is 0 Å². The van der Waals surface area contributed by atoms with Crippen LogP contribution < -0.4 is 0 Å². The van der Waals surface area contributed by atoms with Crippen LogP contribution >= 0.6 is 24.0 Å². The molecule has 0 saturated heterocycles. The van der Waals surface area contributed by atoms with Gasteiger partial charge in [0.05, 0.1) is 0 Å². The van der Waals surface area contributed by atoms with E-state index >= 15 is 0 Å². The van der Waals surface area contributed by atoms with Crippen LogP contribution in [0.3, 0.4) is 0 Å². The van der Waals surface area contributed by atoms with E-state index in [1.165, 1.54) is 16.7 Å². The fourth-order valence-corrected chi connectivity index (χ4v) is 2.87. The lowest BCUT2D eigenvalue weighted by atomic mass is 9.92. The summed E-state index contributed by atoms with van der Waals surface area (Å²) in [5.74, 6) is 0.410. The summed E-state index contributed by atoms with van der Waals surface area (Å²) in [7, 11) is 0. The molecule has 0 amide bonds. The first-order valence-corrected chi connectivity index (χ1v) is 8.22. The molecule has 1 aromatic heterocycles. The van der Waals surface area contributed by atoms with Gasteiger partial charge in [0.25, 0.3) is 0 Å². The van der Waals surface area contributed by atoms with Crippen molar-refractivity contribution in [1.82, 2.24) is 14.8 Å². The van der Waals surface area contributed by atoms with Gasteiger partial charge in [0, 0.05) is 17.5 Å². The Hall–Kier alpha value is -1.84. The second-order valence-electron chi connectivity index (χ2n) is 5.89. The number of aryl methyl sites for hydroxylation is 2. The molecule has 1 atom stereocenters. The predicted octanol–water partition coefficient (Wildman–Crippen LogP) is 5.08. The van der Waals surface area contributed by atoms with Gasteiger partial charge in [-0.3, -0.25) is 4.68 Å². The highest BCUT2D eigenvalue weighted by Crippen LogP contribution is 2.24. The third-order valence-corrected chi connectivity index (χ3v) is 4.37. The van der Waals surface area contributed by atoms with Crippen LogP contribution in [-0.2, 0) is 13.0 Å². The Labute approximate surface area is 154 Å². The Kier molecular flexibility index (Phi) is 6.83. The lowest BCUT2D eigenvalue weighted by molar-refractivity contribution is 0.488. The van der Waals surface area contributed by atoms with E-state index < -0.39 is 0 Å². The van der Waals surface area contributed by atoms with E-state index in [9.17, 15) is 0 Å². The topological polar surface area (TPSA) is 30.7 Å². The minimum atomic E-state index is 0. The molecular formula is C19H21Cl2N3. The molecule has 0 bridgehead atoms. The van der Waals surface area contributed by atoms with Crippen LogP contribution in [0.15, 0.2) is 61.2 Å². The Bertz CT molecular complexity index is 722. The zero-order valence-electron chi connectivity index (χ0n) is 13.6. The van der Waals surface area contributed by atoms with Gasteiger partial charge in [0.1, 0.15) is 12.7 Å². The monoisotopic (exact) mass is 361 g/mol. The fraction of sp³-hybridized carbons (Fsp3) is 0.263. The molecule has 3 aromatic rings. The number of halogens is 2. The summed E-state index contributed by atoms with van der Waals surface area (Å²) in [5, 5.41) is 5.04. The second-order valence-corrected chi connectivity index (χ2v) is 6.33. The van der Waals surface area contributed by atoms with Gasteiger partial charge in [0.2, 0.25) is 0 Å². The van der Waals surface area contributed by atoms with Crippen LogP contribution in [0.4, 0.5) is 0 Å². The van der Waals surface area contributed by atoms with Crippen LogP contribution in [0, 0.1) is 6.92 Å². The molecule has 0 spiro atoms. The first-order chi connectivity index (χ1) is 11.2. The maximum atomic E-state index is 5.96. The highest BCUT2D eigenvalue weighted by molar-refractivity contribution is 6.30. The van der Waals surface area contributed by atoms with Crippen molar-refractivity contribution in [3.05, 3.63) is 82.9 Å². The average molecular weight is 362 g/mol. The van der Waals surface area contributed by atoms with E-state index in [-0.39, 0.29) is 12.4 Å². The van der Waals surface area contributed by atoms with Gasteiger partial charge in [-0.15, -0.1) is 12.4 Å². The fourth-order valence-electron chi connectivity index (χ4n) is 2.75. The molecule has 1 unspecified atom stereocenters. The van der Waals surface area contributed by atoms with Crippen LogP contribution in [0.1, 0.15) is 29.0 Å². The normalized spacial score (nSPS) is 11.8. The first-order valence-electron chi connectivity index (χ1n) is 7.84. The van der Waals surface area contributed by atoms with Crippen molar-refractivity contribution in [2.24, 2.45) is 0 Å². The van der Waals surface area contributed by atoms with Gasteiger partial charge in [-0.2, -0.15) is 5.10 Å². The number of aromatic nitrogens is 3. The third-order valence-electron chi connectivity index (χ3n) is 4.12. The lowest BCUT2D eigenvalue weighted by Crippen LogP contribution is -2.11. The molecule has 126 valence electrons. The second kappa shape index (κ2) is 8.86. The van der Waals surface area contributed by atoms with Crippen LogP contribution in [0.5, 0.6) is 0 Å². The standard InChI is InChI=1S/C19H20ClN3.ClH/c1-15-2-7-17(8-3-15)18(12-23-14-21-13-22-23)9-4-16-5-10-19(20)11-6-16;/h2-3,5-8,10-11,13-14,18H,4,9,12H2,1H3;1H. The molecule has 0 aliphatic carbocycles. The van der Waals surface area contributed by atoms with Crippen molar-refractivity contribution >= 4 is 24.0 Å². The summed E-state index contributed by atoms with van der Waals surface area (Å²) >= 11 is 5.96. The van der Waals surface area contributed by atoms with E-state index in [0.717, 1.165) is 24.4 Å². The minimum absolute atomic E-state index is 0. The summed E-state index contributed by atoms with van der Waals surface area (Å²) in [6.45, 7) is 2.96. The molecule has 24 heavy (non-hydrogen) atoms. The summed E-state index contributed by atoms with van der Waals surface area (Å²) < 4.78 is 1.91. The molecule has 0 aliphatic heterocycles. The van der Waals surface area contributed by atoms with Gasteiger partial charge in [-0.05, 0) is 43.0 Å². The number of hydrogen-bond acceptors (Lipinski definition) is 2. The summed E-state index contributed by atoms with van der Waals surface area (Å²) in [6, 6.07) is 16.9. The van der Waals surface area contributed by atoms with Crippen molar-refractivity contribution in [3.63, 3.8) is 0 Å². The quantitative estimate of drug-likeness (QED) is 0.612. The lowest BCUT2D eigenvalue weighted by Gasteiger charge is -2.18. The van der Waals surface area contributed by atoms with Gasteiger partial charge in [0.15, 0.2) is 0 Å².